The zero-order chi connectivity index (χ0) is 25.0. The van der Waals surface area contributed by atoms with Crippen molar-refractivity contribution in [2.45, 2.75) is 5.92 Å². The van der Waals surface area contributed by atoms with Gasteiger partial charge in [0.15, 0.2) is 5.82 Å². The highest BCUT2D eigenvalue weighted by Gasteiger charge is 2.31. The van der Waals surface area contributed by atoms with Crippen molar-refractivity contribution in [2.75, 3.05) is 10.6 Å². The lowest BCUT2D eigenvalue weighted by molar-refractivity contribution is 0.0633. The summed E-state index contributed by atoms with van der Waals surface area (Å²) in [5.41, 5.74) is -1.51. The van der Waals surface area contributed by atoms with Gasteiger partial charge in [0.1, 0.15) is 12.0 Å². The van der Waals surface area contributed by atoms with Crippen molar-refractivity contribution in [2.24, 2.45) is 0 Å². The maximum absolute atomic E-state index is 15.0. The first-order valence-corrected chi connectivity index (χ1v) is 10.8. The van der Waals surface area contributed by atoms with Gasteiger partial charge in [-0.3, -0.25) is 9.59 Å². The second-order valence-electron chi connectivity index (χ2n) is 6.69. The molecular formula is C23H11Br2F5N2O2. The van der Waals surface area contributed by atoms with Gasteiger partial charge in [0.2, 0.25) is 0 Å². The molecule has 3 aromatic carbocycles. The van der Waals surface area contributed by atoms with Gasteiger partial charge in [-0.05, 0) is 74.3 Å². The molecule has 0 aliphatic carbocycles. The molecule has 0 unspecified atom stereocenters. The van der Waals surface area contributed by atoms with Crippen LogP contribution in [-0.2, 0) is 5.92 Å². The summed E-state index contributed by atoms with van der Waals surface area (Å²) in [6, 6.07) is 10.3. The number of carbonyl (C=O) groups excluding carboxylic acids is 2. The van der Waals surface area contributed by atoms with Crippen molar-refractivity contribution in [3.05, 3.63) is 91.9 Å². The van der Waals surface area contributed by atoms with Gasteiger partial charge in [-0.1, -0.05) is 12.1 Å². The van der Waals surface area contributed by atoms with E-state index in [-0.39, 0.29) is 25.9 Å². The minimum Gasteiger partial charge on any atom is -0.320 e. The fourth-order valence-electron chi connectivity index (χ4n) is 2.81. The second-order valence-corrected chi connectivity index (χ2v) is 8.40. The number of benzene rings is 3. The number of carbonyl (C=O) groups is 2. The summed E-state index contributed by atoms with van der Waals surface area (Å²) in [6.07, 6.45) is 0.661. The van der Waals surface area contributed by atoms with E-state index in [0.717, 1.165) is 36.3 Å². The molecule has 174 valence electrons. The third-order valence-corrected chi connectivity index (χ3v) is 5.68. The molecule has 0 aliphatic rings. The zero-order valence-corrected chi connectivity index (χ0v) is 19.8. The number of anilines is 2. The van der Waals surface area contributed by atoms with E-state index in [2.05, 4.69) is 42.5 Å². The van der Waals surface area contributed by atoms with Crippen LogP contribution in [-0.4, -0.2) is 11.8 Å². The van der Waals surface area contributed by atoms with Crippen LogP contribution >= 0.6 is 31.9 Å². The lowest BCUT2D eigenvalue weighted by Crippen LogP contribution is -2.18. The van der Waals surface area contributed by atoms with Crippen molar-refractivity contribution in [1.82, 2.24) is 0 Å². The van der Waals surface area contributed by atoms with Gasteiger partial charge in [-0.15, -0.1) is 4.39 Å². The first-order chi connectivity index (χ1) is 16.0. The molecule has 0 fully saturated rings. The molecule has 0 saturated carbocycles. The van der Waals surface area contributed by atoms with Crippen molar-refractivity contribution in [3.63, 3.8) is 0 Å². The molecule has 0 spiro atoms. The molecule has 0 atom stereocenters. The number of amides is 2. The fourth-order valence-corrected chi connectivity index (χ4v) is 4.20. The highest BCUT2D eigenvalue weighted by atomic mass is 79.9. The summed E-state index contributed by atoms with van der Waals surface area (Å²) < 4.78 is 68.1. The number of halogens is 7. The molecule has 3 aromatic rings. The fraction of sp³-hybridized carbons (Fsp3) is 0.0435. The second kappa shape index (κ2) is 10.4. The molecule has 0 bridgehead atoms. The van der Waals surface area contributed by atoms with E-state index >= 15 is 0 Å². The first-order valence-electron chi connectivity index (χ1n) is 9.20. The van der Waals surface area contributed by atoms with Crippen LogP contribution in [0.4, 0.5) is 33.3 Å². The van der Waals surface area contributed by atoms with Crippen LogP contribution in [0.5, 0.6) is 0 Å². The minimum absolute atomic E-state index is 0.00800. The SMILES string of the molecule is O=C(Nc1cccc(C(=O)Nc2c(Br)cc(C(F)(F)C#CF)cc2Br)c1F)c1cccc(F)c1. The van der Waals surface area contributed by atoms with Gasteiger partial charge in [-0.25, -0.2) is 8.78 Å². The van der Waals surface area contributed by atoms with Crippen LogP contribution < -0.4 is 10.6 Å². The third-order valence-electron chi connectivity index (χ3n) is 4.43. The van der Waals surface area contributed by atoms with Gasteiger partial charge >= 0.3 is 5.92 Å². The van der Waals surface area contributed by atoms with Crippen LogP contribution in [0.3, 0.4) is 0 Å². The molecular weight excluding hydrogens is 591 g/mol. The molecule has 0 saturated heterocycles. The highest BCUT2D eigenvalue weighted by Crippen LogP contribution is 2.38. The Hall–Kier alpha value is -3.23. The number of alkyl halides is 2. The number of rotatable bonds is 5. The van der Waals surface area contributed by atoms with E-state index in [1.54, 1.807) is 0 Å². The average Bonchev–Trinajstić information content (AvgIpc) is 2.77. The van der Waals surface area contributed by atoms with Crippen LogP contribution in [0.25, 0.3) is 0 Å². The topological polar surface area (TPSA) is 58.2 Å². The molecule has 2 amide bonds. The predicted octanol–water partition coefficient (Wildman–Crippen LogP) is 7.02. The Labute approximate surface area is 206 Å². The van der Waals surface area contributed by atoms with Crippen LogP contribution in [0, 0.1) is 23.7 Å². The first kappa shape index (κ1) is 25.4. The van der Waals surface area contributed by atoms with Crippen molar-refractivity contribution >= 4 is 55.0 Å². The molecule has 3 rings (SSSR count). The Morgan fingerprint density at radius 2 is 1.53 bits per heavy atom. The van der Waals surface area contributed by atoms with Gasteiger partial charge < -0.3 is 10.6 Å². The Balaban J connectivity index is 1.86. The minimum atomic E-state index is -3.79. The highest BCUT2D eigenvalue weighted by molar-refractivity contribution is 9.11. The van der Waals surface area contributed by atoms with Gasteiger partial charge in [-0.2, -0.15) is 8.78 Å². The predicted molar refractivity (Wildman–Crippen MR) is 123 cm³/mol. The standard InChI is InChI=1S/C23H11Br2F5N2O2/c24-16-10-13(23(29,30)7-8-26)11-17(25)20(16)32-22(34)15-5-2-6-18(19(15)28)31-21(33)12-3-1-4-14(27)9-12/h1-6,9-11H,(H,31,33)(H,32,34). The Morgan fingerprint density at radius 1 is 0.882 bits per heavy atom. The molecule has 11 heteroatoms. The molecule has 0 aliphatic heterocycles. The monoisotopic (exact) mass is 600 g/mol. The molecule has 34 heavy (non-hydrogen) atoms. The zero-order valence-electron chi connectivity index (χ0n) is 16.7. The Kier molecular flexibility index (Phi) is 7.74. The van der Waals surface area contributed by atoms with Crippen LogP contribution in [0.1, 0.15) is 26.3 Å². The van der Waals surface area contributed by atoms with E-state index in [1.165, 1.54) is 24.3 Å². The van der Waals surface area contributed by atoms with E-state index in [4.69, 9.17) is 0 Å². The number of hydrogen-bond acceptors (Lipinski definition) is 2. The maximum atomic E-state index is 15.0. The summed E-state index contributed by atoms with van der Waals surface area (Å²) in [5, 5.41) is 4.64. The maximum Gasteiger partial charge on any atom is 0.336 e. The molecule has 4 nitrogen and oxygen atoms in total. The summed E-state index contributed by atoms with van der Waals surface area (Å²) in [6.45, 7) is 0. The van der Waals surface area contributed by atoms with E-state index in [0.29, 0.717) is 6.17 Å². The van der Waals surface area contributed by atoms with Gasteiger partial charge in [0, 0.05) is 26.0 Å². The number of hydrogen-bond donors (Lipinski definition) is 2. The molecule has 2 N–H and O–H groups in total. The molecule has 0 heterocycles. The lowest BCUT2D eigenvalue weighted by atomic mass is 10.1. The Bertz CT molecular complexity index is 1330. The summed E-state index contributed by atoms with van der Waals surface area (Å²) in [7, 11) is 0. The summed E-state index contributed by atoms with van der Waals surface area (Å²) in [5.74, 6) is -6.13. The van der Waals surface area contributed by atoms with Crippen molar-refractivity contribution < 1.29 is 31.5 Å². The lowest BCUT2D eigenvalue weighted by Gasteiger charge is -2.15. The molecule has 0 radical (unpaired) electrons. The normalized spacial score (nSPS) is 10.8. The summed E-state index contributed by atoms with van der Waals surface area (Å²) >= 11 is 6.08. The van der Waals surface area contributed by atoms with Crippen LogP contribution in [0.2, 0.25) is 0 Å². The quantitative estimate of drug-likeness (QED) is 0.244. The average molecular weight is 602 g/mol. The van der Waals surface area contributed by atoms with E-state index < -0.39 is 40.5 Å². The largest absolute Gasteiger partial charge is 0.336 e. The third kappa shape index (κ3) is 5.63. The van der Waals surface area contributed by atoms with Gasteiger partial charge in [0.25, 0.3) is 11.8 Å². The number of nitrogens with one attached hydrogen (secondary N) is 2. The van der Waals surface area contributed by atoms with E-state index in [9.17, 15) is 31.5 Å². The van der Waals surface area contributed by atoms with Crippen LogP contribution in [0.15, 0.2) is 63.5 Å². The summed E-state index contributed by atoms with van der Waals surface area (Å²) in [4.78, 5) is 25.0. The smallest absolute Gasteiger partial charge is 0.320 e. The van der Waals surface area contributed by atoms with Crippen molar-refractivity contribution in [1.29, 1.82) is 0 Å². The van der Waals surface area contributed by atoms with Gasteiger partial charge in [0.05, 0.1) is 16.9 Å². The Morgan fingerprint density at radius 3 is 2.15 bits per heavy atom. The molecule has 0 aromatic heterocycles. The van der Waals surface area contributed by atoms with Crippen molar-refractivity contribution in [3.8, 4) is 12.1 Å². The van der Waals surface area contributed by atoms with E-state index in [1.807, 2.05) is 0 Å².